The molecule has 2 aromatic carbocycles. The van der Waals surface area contributed by atoms with Gasteiger partial charge in [-0.05, 0) is 61.9 Å². The summed E-state index contributed by atoms with van der Waals surface area (Å²) in [5, 5.41) is 3.36. The van der Waals surface area contributed by atoms with Gasteiger partial charge in [0.15, 0.2) is 5.13 Å². The summed E-state index contributed by atoms with van der Waals surface area (Å²) in [6.45, 7) is 2.58. The summed E-state index contributed by atoms with van der Waals surface area (Å²) < 4.78 is 28.8. The van der Waals surface area contributed by atoms with Crippen molar-refractivity contribution in [2.24, 2.45) is 0 Å². The average Bonchev–Trinajstić information content (AvgIpc) is 3.21. The van der Waals surface area contributed by atoms with Gasteiger partial charge >= 0.3 is 0 Å². The fourth-order valence-electron chi connectivity index (χ4n) is 3.92. The molecule has 1 aliphatic heterocycles. The molecule has 1 N–H and O–H groups in total. The summed E-state index contributed by atoms with van der Waals surface area (Å²) in [6, 6.07) is 12.2. The maximum atomic E-state index is 13.1. The van der Waals surface area contributed by atoms with Crippen LogP contribution in [0.3, 0.4) is 0 Å². The Hall–Kier alpha value is -1.94. The van der Waals surface area contributed by atoms with Crippen molar-refractivity contribution in [3.63, 3.8) is 0 Å². The molecule has 1 unspecified atom stereocenters. The van der Waals surface area contributed by atoms with E-state index in [1.54, 1.807) is 28.2 Å². The van der Waals surface area contributed by atoms with Gasteiger partial charge in [-0.25, -0.2) is 13.4 Å². The van der Waals surface area contributed by atoms with Crippen LogP contribution in [0.15, 0.2) is 52.3 Å². The molecule has 1 aromatic heterocycles. The molecule has 3 aromatic rings. The maximum absolute atomic E-state index is 13.1. The van der Waals surface area contributed by atoms with Crippen molar-refractivity contribution < 1.29 is 13.2 Å². The first-order valence-electron chi connectivity index (χ1n) is 10.3. The van der Waals surface area contributed by atoms with Crippen LogP contribution in [0, 0.1) is 0 Å². The summed E-state index contributed by atoms with van der Waals surface area (Å²) in [7, 11) is -3.56. The highest BCUT2D eigenvalue weighted by atomic mass is 32.2. The number of nitrogens with one attached hydrogen (secondary N) is 1. The largest absolute Gasteiger partial charge is 0.298 e. The van der Waals surface area contributed by atoms with Crippen LogP contribution in [0.25, 0.3) is 10.2 Å². The highest BCUT2D eigenvalue weighted by molar-refractivity contribution is 7.98. The molecule has 1 saturated heterocycles. The average molecular weight is 476 g/mol. The first kappa shape index (κ1) is 22.3. The minimum atomic E-state index is -3.56. The van der Waals surface area contributed by atoms with Crippen molar-refractivity contribution in [1.29, 1.82) is 0 Å². The lowest BCUT2D eigenvalue weighted by Gasteiger charge is -2.34. The lowest BCUT2D eigenvalue weighted by atomic mass is 10.0. The molecule has 0 bridgehead atoms. The highest BCUT2D eigenvalue weighted by Crippen LogP contribution is 2.32. The van der Waals surface area contributed by atoms with Gasteiger partial charge in [0.2, 0.25) is 10.0 Å². The second-order valence-electron chi connectivity index (χ2n) is 7.48. The molecule has 6 nitrogen and oxygen atoms in total. The molecule has 1 aliphatic rings. The second-order valence-corrected chi connectivity index (χ2v) is 11.2. The number of rotatable bonds is 6. The van der Waals surface area contributed by atoms with Gasteiger partial charge in [-0.1, -0.05) is 30.7 Å². The maximum Gasteiger partial charge on any atom is 0.257 e. The lowest BCUT2D eigenvalue weighted by molar-refractivity contribution is 0.102. The quantitative estimate of drug-likeness (QED) is 0.494. The number of benzene rings is 2. The van der Waals surface area contributed by atoms with Crippen molar-refractivity contribution in [3.8, 4) is 0 Å². The summed E-state index contributed by atoms with van der Waals surface area (Å²) >= 11 is 3.03. The number of hydrogen-bond donors (Lipinski definition) is 1. The van der Waals surface area contributed by atoms with Gasteiger partial charge in [-0.3, -0.25) is 10.1 Å². The smallest absolute Gasteiger partial charge is 0.257 e. The summed E-state index contributed by atoms with van der Waals surface area (Å²) in [4.78, 5) is 18.5. The summed E-state index contributed by atoms with van der Waals surface area (Å²) in [5.41, 5.74) is 1.28. The number of fused-ring (bicyclic) bond motifs is 1. The van der Waals surface area contributed by atoms with E-state index < -0.39 is 10.0 Å². The molecule has 1 atom stereocenters. The van der Waals surface area contributed by atoms with Crippen LogP contribution in [-0.2, 0) is 10.0 Å². The molecular formula is C22H25N3O3S3. The van der Waals surface area contributed by atoms with Crippen molar-refractivity contribution in [1.82, 2.24) is 9.29 Å². The van der Waals surface area contributed by atoms with Crippen LogP contribution >= 0.6 is 23.1 Å². The molecule has 1 amide bonds. The topological polar surface area (TPSA) is 79.4 Å². The molecule has 0 aliphatic carbocycles. The van der Waals surface area contributed by atoms with Crippen LogP contribution < -0.4 is 5.32 Å². The number of nitrogens with zero attached hydrogens (tertiary/aromatic N) is 2. The zero-order chi connectivity index (χ0) is 22.0. The monoisotopic (exact) mass is 475 g/mol. The highest BCUT2D eigenvalue weighted by Gasteiger charge is 2.32. The Balaban J connectivity index is 1.52. The third-order valence-corrected chi connectivity index (χ3v) is 9.26. The molecule has 2 heterocycles. The van der Waals surface area contributed by atoms with Gasteiger partial charge in [-0.15, -0.1) is 11.8 Å². The fourth-order valence-corrected chi connectivity index (χ4v) is 7.21. The molecule has 9 heteroatoms. The van der Waals surface area contributed by atoms with Gasteiger partial charge in [-0.2, -0.15) is 4.31 Å². The number of thioether (sulfide) groups is 1. The second kappa shape index (κ2) is 9.28. The SMILES string of the molecule is CCC1CCCCN1S(=O)(=O)c1ccc(C(=O)Nc2nc3c(SC)cccc3s2)cc1. The van der Waals surface area contributed by atoms with E-state index in [9.17, 15) is 13.2 Å². The third-order valence-electron chi connectivity index (χ3n) is 5.59. The third kappa shape index (κ3) is 4.50. The first-order valence-corrected chi connectivity index (χ1v) is 13.8. The van der Waals surface area contributed by atoms with Crippen LogP contribution in [0.1, 0.15) is 43.0 Å². The molecule has 4 rings (SSSR count). The Morgan fingerprint density at radius 1 is 1.23 bits per heavy atom. The fraction of sp³-hybridized carbons (Fsp3) is 0.364. The number of carbonyl (C=O) groups is 1. The van der Waals surface area contributed by atoms with E-state index >= 15 is 0 Å². The standard InChI is InChI=1S/C22H25N3O3S3/c1-3-16-7-4-5-14-25(16)31(27,28)17-12-10-15(11-13-17)21(26)24-22-23-20-18(29-2)8-6-9-19(20)30-22/h6,8-13,16H,3-5,7,14H2,1-2H3,(H,23,24,26). The molecule has 0 spiro atoms. The van der Waals surface area contributed by atoms with Crippen molar-refractivity contribution >= 4 is 54.4 Å². The molecule has 0 saturated carbocycles. The van der Waals surface area contributed by atoms with E-state index in [0.717, 1.165) is 40.8 Å². The Morgan fingerprint density at radius 3 is 2.71 bits per heavy atom. The first-order chi connectivity index (χ1) is 14.9. The zero-order valence-corrected chi connectivity index (χ0v) is 19.9. The predicted molar refractivity (Wildman–Crippen MR) is 128 cm³/mol. The van der Waals surface area contributed by atoms with E-state index in [2.05, 4.69) is 10.3 Å². The van der Waals surface area contributed by atoms with Gasteiger partial charge in [0.1, 0.15) is 0 Å². The van der Waals surface area contributed by atoms with E-state index in [1.807, 2.05) is 31.4 Å². The number of thiazole rings is 1. The Bertz CT molecular complexity index is 1190. The molecule has 1 fully saturated rings. The minimum Gasteiger partial charge on any atom is -0.298 e. The van der Waals surface area contributed by atoms with Gasteiger partial charge in [0, 0.05) is 23.0 Å². The van der Waals surface area contributed by atoms with Gasteiger partial charge in [0.05, 0.1) is 15.1 Å². The summed E-state index contributed by atoms with van der Waals surface area (Å²) in [6.07, 6.45) is 5.65. The Kier molecular flexibility index (Phi) is 6.66. The van der Waals surface area contributed by atoms with Crippen LogP contribution in [-0.4, -0.2) is 42.5 Å². The minimum absolute atomic E-state index is 0.0481. The van der Waals surface area contributed by atoms with Crippen LogP contribution in [0.5, 0.6) is 0 Å². The number of anilines is 1. The number of para-hydroxylation sites is 1. The summed E-state index contributed by atoms with van der Waals surface area (Å²) in [5.74, 6) is -0.307. The predicted octanol–water partition coefficient (Wildman–Crippen LogP) is 5.22. The Labute approximate surface area is 191 Å². The van der Waals surface area contributed by atoms with Crippen molar-refractivity contribution in [3.05, 3.63) is 48.0 Å². The van der Waals surface area contributed by atoms with E-state index in [-0.39, 0.29) is 16.8 Å². The Morgan fingerprint density at radius 2 is 2.00 bits per heavy atom. The number of aromatic nitrogens is 1. The molecular weight excluding hydrogens is 450 g/mol. The normalized spacial score (nSPS) is 17.7. The van der Waals surface area contributed by atoms with Crippen LogP contribution in [0.2, 0.25) is 0 Å². The van der Waals surface area contributed by atoms with Crippen molar-refractivity contribution in [2.45, 2.75) is 48.4 Å². The van der Waals surface area contributed by atoms with Gasteiger partial charge in [0.25, 0.3) is 5.91 Å². The molecule has 164 valence electrons. The number of hydrogen-bond acceptors (Lipinski definition) is 6. The van der Waals surface area contributed by atoms with E-state index in [0.29, 0.717) is 17.2 Å². The molecule has 0 radical (unpaired) electrons. The molecule has 31 heavy (non-hydrogen) atoms. The lowest BCUT2D eigenvalue weighted by Crippen LogP contribution is -2.43. The van der Waals surface area contributed by atoms with E-state index in [1.165, 1.54) is 23.5 Å². The number of carbonyl (C=O) groups excluding carboxylic acids is 1. The van der Waals surface area contributed by atoms with Crippen LogP contribution in [0.4, 0.5) is 5.13 Å². The van der Waals surface area contributed by atoms with Gasteiger partial charge < -0.3 is 0 Å². The zero-order valence-electron chi connectivity index (χ0n) is 17.5. The number of sulfonamides is 1. The van der Waals surface area contributed by atoms with E-state index in [4.69, 9.17) is 0 Å². The number of piperidine rings is 1. The number of amides is 1. The van der Waals surface area contributed by atoms with Crippen molar-refractivity contribution in [2.75, 3.05) is 18.1 Å².